The molecule has 1 saturated carbocycles. The molecule has 7 nitrogen and oxygen atoms in total. The van der Waals surface area contributed by atoms with Gasteiger partial charge in [0.15, 0.2) is 5.65 Å². The number of halogens is 2. The van der Waals surface area contributed by atoms with Gasteiger partial charge in [-0.25, -0.2) is 13.9 Å². The van der Waals surface area contributed by atoms with E-state index in [9.17, 15) is 9.18 Å². The lowest BCUT2D eigenvalue weighted by Gasteiger charge is -2.35. The zero-order valence-corrected chi connectivity index (χ0v) is 22.1. The predicted molar refractivity (Wildman–Crippen MR) is 137 cm³/mol. The standard InChI is InChI=1S/C27H33ClFN5O2/c1-5-12-32(4)19-7-9-20(10-8-19)36-24-13-18(29)6-11-21(24)27(35)33-14-22-23(15-33)31-34-17(3)25(28)16(2)30-26(22)34/h6,11,13,19-20H,5,7-10,12,14-15H2,1-4H3/t19-,20+. The van der Waals surface area contributed by atoms with Crippen LogP contribution in [0.25, 0.3) is 5.65 Å². The number of aryl methyl sites for hydroxylation is 2. The molecule has 0 N–H and O–H groups in total. The fraction of sp³-hybridized carbons (Fsp3) is 0.519. The van der Waals surface area contributed by atoms with Crippen molar-refractivity contribution >= 4 is 23.2 Å². The number of aromatic nitrogens is 3. The van der Waals surface area contributed by atoms with Crippen LogP contribution in [0, 0.1) is 19.7 Å². The molecule has 0 atom stereocenters. The second-order valence-corrected chi connectivity index (χ2v) is 10.5. The number of fused-ring (bicyclic) bond motifs is 3. The van der Waals surface area contributed by atoms with E-state index >= 15 is 0 Å². The molecule has 1 aliphatic heterocycles. The Bertz CT molecular complexity index is 1300. The highest BCUT2D eigenvalue weighted by Crippen LogP contribution is 2.33. The molecule has 0 saturated heterocycles. The van der Waals surface area contributed by atoms with Crippen LogP contribution in [-0.4, -0.2) is 56.0 Å². The molecule has 0 radical (unpaired) electrons. The Morgan fingerprint density at radius 1 is 1.22 bits per heavy atom. The van der Waals surface area contributed by atoms with Gasteiger partial charge in [0.05, 0.1) is 46.9 Å². The van der Waals surface area contributed by atoms with E-state index in [1.165, 1.54) is 18.2 Å². The van der Waals surface area contributed by atoms with Crippen molar-refractivity contribution in [2.45, 2.75) is 78.1 Å². The van der Waals surface area contributed by atoms with Crippen molar-refractivity contribution in [1.82, 2.24) is 24.4 Å². The molecule has 1 amide bonds. The maximum Gasteiger partial charge on any atom is 0.258 e. The van der Waals surface area contributed by atoms with Crippen molar-refractivity contribution in [1.29, 1.82) is 0 Å². The molecule has 5 rings (SSSR count). The SMILES string of the molecule is CCCN(C)[C@H]1CC[C@@H](Oc2cc(F)ccc2C(=O)N2Cc3nn4c(C)c(Cl)c(C)nc4c3C2)CC1. The van der Waals surface area contributed by atoms with Gasteiger partial charge in [-0.2, -0.15) is 5.10 Å². The van der Waals surface area contributed by atoms with Gasteiger partial charge in [-0.15, -0.1) is 0 Å². The topological polar surface area (TPSA) is 63.0 Å². The van der Waals surface area contributed by atoms with E-state index in [-0.39, 0.29) is 12.0 Å². The Labute approximate surface area is 216 Å². The zero-order chi connectivity index (χ0) is 25.6. The van der Waals surface area contributed by atoms with Gasteiger partial charge in [-0.1, -0.05) is 18.5 Å². The van der Waals surface area contributed by atoms with Gasteiger partial charge >= 0.3 is 0 Å². The molecule has 0 bridgehead atoms. The van der Waals surface area contributed by atoms with Crippen molar-refractivity contribution in [2.24, 2.45) is 0 Å². The van der Waals surface area contributed by atoms with Crippen LogP contribution in [0.1, 0.15) is 72.0 Å². The van der Waals surface area contributed by atoms with Gasteiger partial charge in [0.2, 0.25) is 0 Å². The van der Waals surface area contributed by atoms with Gasteiger partial charge in [0.1, 0.15) is 11.6 Å². The largest absolute Gasteiger partial charge is 0.489 e. The second-order valence-electron chi connectivity index (χ2n) is 10.1. The number of benzene rings is 1. The molecule has 192 valence electrons. The van der Waals surface area contributed by atoms with Crippen LogP contribution < -0.4 is 4.74 Å². The van der Waals surface area contributed by atoms with Crippen LogP contribution in [-0.2, 0) is 13.1 Å². The molecule has 3 heterocycles. The number of nitrogens with zero attached hydrogens (tertiary/aromatic N) is 5. The molecule has 3 aromatic rings. The minimum Gasteiger partial charge on any atom is -0.489 e. The Kier molecular flexibility index (Phi) is 6.92. The minimum absolute atomic E-state index is 0.0236. The van der Waals surface area contributed by atoms with E-state index in [1.54, 1.807) is 9.42 Å². The first kappa shape index (κ1) is 25.0. The molecule has 0 spiro atoms. The molecule has 1 fully saturated rings. The van der Waals surface area contributed by atoms with Gasteiger partial charge in [-0.05, 0) is 71.7 Å². The molecular formula is C27H33ClFN5O2. The second kappa shape index (κ2) is 9.98. The van der Waals surface area contributed by atoms with Crippen LogP contribution in [0.15, 0.2) is 18.2 Å². The molecule has 0 unspecified atom stereocenters. The average molecular weight is 514 g/mol. The van der Waals surface area contributed by atoms with Gasteiger partial charge in [-0.3, -0.25) is 4.79 Å². The van der Waals surface area contributed by atoms with Crippen LogP contribution in [0.5, 0.6) is 5.75 Å². The lowest BCUT2D eigenvalue weighted by atomic mass is 9.92. The average Bonchev–Trinajstić information content (AvgIpc) is 3.42. The van der Waals surface area contributed by atoms with Crippen LogP contribution in [0.4, 0.5) is 4.39 Å². The lowest BCUT2D eigenvalue weighted by molar-refractivity contribution is 0.0729. The summed E-state index contributed by atoms with van der Waals surface area (Å²) in [5.74, 6) is -0.284. The van der Waals surface area contributed by atoms with Crippen LogP contribution in [0.2, 0.25) is 5.02 Å². The van der Waals surface area contributed by atoms with Gasteiger partial charge in [0.25, 0.3) is 5.91 Å². The van der Waals surface area contributed by atoms with Crippen molar-refractivity contribution in [3.05, 3.63) is 57.2 Å². The monoisotopic (exact) mass is 513 g/mol. The normalized spacial score (nSPS) is 19.8. The van der Waals surface area contributed by atoms with E-state index in [0.717, 1.165) is 66.9 Å². The third-order valence-corrected chi connectivity index (χ3v) is 8.10. The molecule has 1 aliphatic carbocycles. The number of carbonyl (C=O) groups excluding carboxylic acids is 1. The Hall–Kier alpha value is -2.71. The van der Waals surface area contributed by atoms with Gasteiger partial charge in [0, 0.05) is 17.7 Å². The number of rotatable bonds is 6. The van der Waals surface area contributed by atoms with E-state index < -0.39 is 5.82 Å². The molecule has 2 aromatic heterocycles. The highest BCUT2D eigenvalue weighted by molar-refractivity contribution is 6.31. The van der Waals surface area contributed by atoms with Crippen LogP contribution >= 0.6 is 11.6 Å². The highest BCUT2D eigenvalue weighted by Gasteiger charge is 2.32. The summed E-state index contributed by atoms with van der Waals surface area (Å²) < 4.78 is 22.2. The number of carbonyl (C=O) groups is 1. The summed E-state index contributed by atoms with van der Waals surface area (Å²) in [5.41, 5.74) is 4.40. The Morgan fingerprint density at radius 2 is 1.97 bits per heavy atom. The zero-order valence-electron chi connectivity index (χ0n) is 21.4. The number of amides is 1. The third-order valence-electron chi connectivity index (χ3n) is 7.55. The molecule has 36 heavy (non-hydrogen) atoms. The molecular weight excluding hydrogens is 481 g/mol. The van der Waals surface area contributed by atoms with E-state index in [0.29, 0.717) is 35.5 Å². The number of hydrogen-bond acceptors (Lipinski definition) is 5. The highest BCUT2D eigenvalue weighted by atomic mass is 35.5. The van der Waals surface area contributed by atoms with E-state index in [2.05, 4.69) is 29.0 Å². The fourth-order valence-corrected chi connectivity index (χ4v) is 5.64. The number of hydrogen-bond donors (Lipinski definition) is 0. The quantitative estimate of drug-likeness (QED) is 0.446. The smallest absolute Gasteiger partial charge is 0.258 e. The summed E-state index contributed by atoms with van der Waals surface area (Å²) in [6, 6.07) is 4.74. The molecule has 9 heteroatoms. The molecule has 2 aliphatic rings. The Balaban J connectivity index is 1.32. The third kappa shape index (κ3) is 4.57. The lowest BCUT2D eigenvalue weighted by Crippen LogP contribution is -2.38. The summed E-state index contributed by atoms with van der Waals surface area (Å²) in [7, 11) is 2.18. The summed E-state index contributed by atoms with van der Waals surface area (Å²) in [6.07, 6.45) is 4.97. The van der Waals surface area contributed by atoms with Crippen molar-refractivity contribution in [2.75, 3.05) is 13.6 Å². The van der Waals surface area contributed by atoms with Crippen molar-refractivity contribution < 1.29 is 13.9 Å². The maximum absolute atomic E-state index is 14.2. The Morgan fingerprint density at radius 3 is 2.69 bits per heavy atom. The first-order valence-corrected chi connectivity index (χ1v) is 13.1. The van der Waals surface area contributed by atoms with E-state index in [4.69, 9.17) is 16.3 Å². The summed E-state index contributed by atoms with van der Waals surface area (Å²) in [6.45, 7) is 7.80. The van der Waals surface area contributed by atoms with Gasteiger partial charge < -0.3 is 14.5 Å². The first-order valence-electron chi connectivity index (χ1n) is 12.8. The fourth-order valence-electron chi connectivity index (χ4n) is 5.52. The van der Waals surface area contributed by atoms with Crippen LogP contribution in [0.3, 0.4) is 0 Å². The minimum atomic E-state index is -0.410. The first-order chi connectivity index (χ1) is 17.3. The summed E-state index contributed by atoms with van der Waals surface area (Å²) >= 11 is 6.35. The maximum atomic E-state index is 14.2. The van der Waals surface area contributed by atoms with Crippen molar-refractivity contribution in [3.8, 4) is 5.75 Å². The predicted octanol–water partition coefficient (Wildman–Crippen LogP) is 5.33. The molecule has 1 aromatic carbocycles. The summed E-state index contributed by atoms with van der Waals surface area (Å²) in [5, 5.41) is 5.26. The van der Waals surface area contributed by atoms with E-state index in [1.807, 2.05) is 13.8 Å². The van der Waals surface area contributed by atoms with Crippen molar-refractivity contribution in [3.63, 3.8) is 0 Å². The number of ether oxygens (including phenoxy) is 1. The summed E-state index contributed by atoms with van der Waals surface area (Å²) in [4.78, 5) is 22.3.